The highest BCUT2D eigenvalue weighted by Crippen LogP contribution is 2.23. The molecule has 2 rings (SSSR count). The van der Waals surface area contributed by atoms with Crippen molar-refractivity contribution in [2.75, 3.05) is 13.2 Å². The third kappa shape index (κ3) is 1.00. The van der Waals surface area contributed by atoms with Crippen molar-refractivity contribution in [2.45, 2.75) is 0 Å². The Kier molecular flexibility index (Phi) is 1.57. The van der Waals surface area contributed by atoms with Crippen LogP contribution in [0.4, 0.5) is 0 Å². The lowest BCUT2D eigenvalue weighted by Crippen LogP contribution is -2.28. The maximum Gasteiger partial charge on any atom is 0.0891 e. The van der Waals surface area contributed by atoms with Gasteiger partial charge >= 0.3 is 0 Å². The topological polar surface area (TPSA) is 18.5 Å². The molecule has 2 unspecified atom stereocenters. The molecule has 0 bridgehead atoms. The van der Waals surface area contributed by atoms with Crippen LogP contribution in [0.3, 0.4) is 0 Å². The van der Waals surface area contributed by atoms with E-state index in [1.807, 2.05) is 0 Å². The van der Waals surface area contributed by atoms with Crippen LogP contribution in [0, 0.1) is 11.8 Å². The zero-order chi connectivity index (χ0) is 6.81. The van der Waals surface area contributed by atoms with Crippen molar-refractivity contribution in [1.29, 1.82) is 0 Å². The van der Waals surface area contributed by atoms with E-state index in [1.165, 1.54) is 0 Å². The summed E-state index contributed by atoms with van der Waals surface area (Å²) in [5.74, 6) is 1.08. The molecule has 54 valence electrons. The summed E-state index contributed by atoms with van der Waals surface area (Å²) in [7, 11) is 0. The highest BCUT2D eigenvalue weighted by molar-refractivity contribution is 5.14. The zero-order valence-corrected chi connectivity index (χ0v) is 5.69. The van der Waals surface area contributed by atoms with Crippen molar-refractivity contribution in [3.8, 4) is 0 Å². The Morgan fingerprint density at radius 1 is 0.900 bits per heavy atom. The first-order chi connectivity index (χ1) is 4.97. The molecule has 0 saturated carbocycles. The summed E-state index contributed by atoms with van der Waals surface area (Å²) in [6, 6.07) is 0. The van der Waals surface area contributed by atoms with E-state index in [-0.39, 0.29) is 0 Å². The molecule has 1 heterocycles. The third-order valence-corrected chi connectivity index (χ3v) is 1.98. The van der Waals surface area contributed by atoms with Crippen LogP contribution in [0.1, 0.15) is 0 Å². The molecule has 0 amide bonds. The highest BCUT2D eigenvalue weighted by Gasteiger charge is 2.23. The van der Waals surface area contributed by atoms with Gasteiger partial charge in [0.1, 0.15) is 0 Å². The minimum absolute atomic E-state index is 0.541. The van der Waals surface area contributed by atoms with Gasteiger partial charge in [-0.15, -0.1) is 0 Å². The van der Waals surface area contributed by atoms with Crippen molar-refractivity contribution in [2.24, 2.45) is 11.8 Å². The molecule has 1 fully saturated rings. The minimum atomic E-state index is 0.541. The molecule has 0 aromatic rings. The minimum Gasteiger partial charge on any atom is -0.236 e. The van der Waals surface area contributed by atoms with Gasteiger partial charge in [0.2, 0.25) is 0 Å². The first-order valence-corrected chi connectivity index (χ1v) is 3.56. The van der Waals surface area contributed by atoms with Crippen molar-refractivity contribution >= 4 is 0 Å². The van der Waals surface area contributed by atoms with Crippen LogP contribution in [0.5, 0.6) is 0 Å². The monoisotopic (exact) mass is 138 g/mol. The summed E-state index contributed by atoms with van der Waals surface area (Å²) in [6.07, 6.45) is 8.48. The smallest absolute Gasteiger partial charge is 0.0891 e. The first-order valence-electron chi connectivity index (χ1n) is 3.56. The molecule has 0 N–H and O–H groups in total. The Morgan fingerprint density at radius 2 is 1.40 bits per heavy atom. The fraction of sp³-hybridized carbons (Fsp3) is 0.500. The SMILES string of the molecule is C1=CC2COOCC2C=C1. The van der Waals surface area contributed by atoms with Gasteiger partial charge in [-0.05, 0) is 0 Å². The van der Waals surface area contributed by atoms with E-state index in [0.29, 0.717) is 25.0 Å². The third-order valence-electron chi connectivity index (χ3n) is 1.98. The second kappa shape index (κ2) is 2.56. The molecular weight excluding hydrogens is 128 g/mol. The van der Waals surface area contributed by atoms with Gasteiger partial charge in [0, 0.05) is 11.8 Å². The molecule has 2 nitrogen and oxygen atoms in total. The first kappa shape index (κ1) is 6.13. The van der Waals surface area contributed by atoms with Gasteiger partial charge in [0.25, 0.3) is 0 Å². The summed E-state index contributed by atoms with van der Waals surface area (Å²) < 4.78 is 0. The van der Waals surface area contributed by atoms with E-state index < -0.39 is 0 Å². The molecule has 1 saturated heterocycles. The normalized spacial score (nSPS) is 37.6. The largest absolute Gasteiger partial charge is 0.236 e. The lowest BCUT2D eigenvalue weighted by molar-refractivity contribution is -0.329. The van der Waals surface area contributed by atoms with Crippen LogP contribution in [0.25, 0.3) is 0 Å². The maximum absolute atomic E-state index is 4.85. The van der Waals surface area contributed by atoms with E-state index in [4.69, 9.17) is 9.78 Å². The van der Waals surface area contributed by atoms with Crippen molar-refractivity contribution in [3.63, 3.8) is 0 Å². The Hall–Kier alpha value is -0.600. The summed E-state index contributed by atoms with van der Waals surface area (Å²) in [5, 5.41) is 0. The van der Waals surface area contributed by atoms with Gasteiger partial charge in [-0.2, -0.15) is 0 Å². The lowest BCUT2D eigenvalue weighted by atomic mass is 9.89. The second-order valence-electron chi connectivity index (χ2n) is 2.67. The van der Waals surface area contributed by atoms with Gasteiger partial charge in [0.15, 0.2) is 0 Å². The van der Waals surface area contributed by atoms with Crippen LogP contribution in [0.2, 0.25) is 0 Å². The van der Waals surface area contributed by atoms with E-state index >= 15 is 0 Å². The number of hydrogen-bond donors (Lipinski definition) is 0. The van der Waals surface area contributed by atoms with Crippen LogP contribution >= 0.6 is 0 Å². The predicted octanol–water partition coefficient (Wildman–Crippen LogP) is 1.31. The molecular formula is C8H10O2. The lowest BCUT2D eigenvalue weighted by Gasteiger charge is -2.27. The maximum atomic E-state index is 4.85. The van der Waals surface area contributed by atoms with Crippen molar-refractivity contribution in [1.82, 2.24) is 0 Å². The van der Waals surface area contributed by atoms with Crippen molar-refractivity contribution in [3.05, 3.63) is 24.3 Å². The highest BCUT2D eigenvalue weighted by atomic mass is 17.2. The fourth-order valence-corrected chi connectivity index (χ4v) is 1.31. The Labute approximate surface area is 60.1 Å². The number of allylic oxidation sites excluding steroid dienone is 2. The molecule has 10 heavy (non-hydrogen) atoms. The van der Waals surface area contributed by atoms with Crippen LogP contribution in [-0.2, 0) is 9.78 Å². The summed E-state index contributed by atoms with van der Waals surface area (Å²) in [6.45, 7) is 1.40. The number of rotatable bonds is 0. The van der Waals surface area contributed by atoms with Crippen LogP contribution < -0.4 is 0 Å². The molecule has 0 radical (unpaired) electrons. The Morgan fingerprint density at radius 3 is 1.90 bits per heavy atom. The quantitative estimate of drug-likeness (QED) is 0.470. The van der Waals surface area contributed by atoms with Gasteiger partial charge in [-0.3, -0.25) is 0 Å². The van der Waals surface area contributed by atoms with E-state index in [2.05, 4.69) is 24.3 Å². The predicted molar refractivity (Wildman–Crippen MR) is 37.2 cm³/mol. The zero-order valence-electron chi connectivity index (χ0n) is 5.69. The molecule has 2 heteroatoms. The molecule has 2 aliphatic rings. The van der Waals surface area contributed by atoms with Crippen LogP contribution in [-0.4, -0.2) is 13.2 Å². The van der Waals surface area contributed by atoms with E-state index in [1.54, 1.807) is 0 Å². The molecule has 1 aliphatic heterocycles. The van der Waals surface area contributed by atoms with Gasteiger partial charge < -0.3 is 0 Å². The second-order valence-corrected chi connectivity index (χ2v) is 2.67. The van der Waals surface area contributed by atoms with Gasteiger partial charge in [0.05, 0.1) is 13.2 Å². The van der Waals surface area contributed by atoms with Crippen LogP contribution in [0.15, 0.2) is 24.3 Å². The van der Waals surface area contributed by atoms with E-state index in [9.17, 15) is 0 Å². The summed E-state index contributed by atoms with van der Waals surface area (Å²) in [5.41, 5.74) is 0. The van der Waals surface area contributed by atoms with Gasteiger partial charge in [-0.1, -0.05) is 24.3 Å². The molecule has 0 aromatic carbocycles. The number of fused-ring (bicyclic) bond motifs is 1. The molecule has 0 aromatic heterocycles. The van der Waals surface area contributed by atoms with Gasteiger partial charge in [-0.25, -0.2) is 9.78 Å². The molecule has 1 aliphatic carbocycles. The standard InChI is InChI=1S/C8H10O2/c1-2-4-8-6-10-9-5-7(8)3-1/h1-4,7-8H,5-6H2. The average Bonchev–Trinajstić information content (AvgIpc) is 2.05. The molecule has 0 spiro atoms. The Bertz CT molecular complexity index is 152. The fourth-order valence-electron chi connectivity index (χ4n) is 1.31. The molecule has 2 atom stereocenters. The van der Waals surface area contributed by atoms with Crippen molar-refractivity contribution < 1.29 is 9.78 Å². The summed E-state index contributed by atoms with van der Waals surface area (Å²) in [4.78, 5) is 9.71. The average molecular weight is 138 g/mol. The Balaban J connectivity index is 2.09. The number of hydrogen-bond acceptors (Lipinski definition) is 2. The summed E-state index contributed by atoms with van der Waals surface area (Å²) >= 11 is 0. The van der Waals surface area contributed by atoms with E-state index in [0.717, 1.165) is 0 Å².